The standard InChI is InChI=1S/C11H17N3O2/c1-13-11(15)3-2-6-16-10-5-4-9(7-12)14-8-10/h4-5,8H,2-3,6-7,12H2,1H3,(H,13,15). The summed E-state index contributed by atoms with van der Waals surface area (Å²) in [6.45, 7) is 0.939. The van der Waals surface area contributed by atoms with Crippen LogP contribution in [-0.2, 0) is 11.3 Å². The number of nitrogens with two attached hydrogens (primary N) is 1. The Kier molecular flexibility index (Phi) is 5.28. The van der Waals surface area contributed by atoms with E-state index in [2.05, 4.69) is 10.3 Å². The van der Waals surface area contributed by atoms with Gasteiger partial charge in [0, 0.05) is 20.0 Å². The van der Waals surface area contributed by atoms with Crippen molar-refractivity contribution in [2.24, 2.45) is 5.73 Å². The summed E-state index contributed by atoms with van der Waals surface area (Å²) >= 11 is 0. The summed E-state index contributed by atoms with van der Waals surface area (Å²) in [5.41, 5.74) is 6.25. The fourth-order valence-corrected chi connectivity index (χ4v) is 1.16. The van der Waals surface area contributed by atoms with E-state index >= 15 is 0 Å². The van der Waals surface area contributed by atoms with Gasteiger partial charge >= 0.3 is 0 Å². The second kappa shape index (κ2) is 6.79. The third kappa shape index (κ3) is 4.27. The van der Waals surface area contributed by atoms with Gasteiger partial charge in [-0.1, -0.05) is 0 Å². The van der Waals surface area contributed by atoms with Gasteiger partial charge in [0.2, 0.25) is 5.91 Å². The lowest BCUT2D eigenvalue weighted by atomic mass is 10.3. The van der Waals surface area contributed by atoms with Crippen molar-refractivity contribution >= 4 is 5.91 Å². The maximum Gasteiger partial charge on any atom is 0.219 e. The SMILES string of the molecule is CNC(=O)CCCOc1ccc(CN)nc1. The smallest absolute Gasteiger partial charge is 0.219 e. The highest BCUT2D eigenvalue weighted by atomic mass is 16.5. The van der Waals surface area contributed by atoms with Crippen LogP contribution in [0.5, 0.6) is 5.75 Å². The highest BCUT2D eigenvalue weighted by Crippen LogP contribution is 2.09. The van der Waals surface area contributed by atoms with Gasteiger partial charge in [0.1, 0.15) is 5.75 Å². The van der Waals surface area contributed by atoms with Crippen LogP contribution < -0.4 is 15.8 Å². The van der Waals surface area contributed by atoms with E-state index in [4.69, 9.17) is 10.5 Å². The number of hydrogen-bond acceptors (Lipinski definition) is 4. The predicted octanol–water partition coefficient (Wildman–Crippen LogP) is 0.445. The average Bonchev–Trinajstić information content (AvgIpc) is 2.35. The van der Waals surface area contributed by atoms with E-state index in [1.165, 1.54) is 0 Å². The highest BCUT2D eigenvalue weighted by Gasteiger charge is 1.99. The van der Waals surface area contributed by atoms with E-state index in [1.54, 1.807) is 13.2 Å². The predicted molar refractivity (Wildman–Crippen MR) is 60.9 cm³/mol. The maximum atomic E-state index is 10.9. The molecule has 0 spiro atoms. The summed E-state index contributed by atoms with van der Waals surface area (Å²) < 4.78 is 5.42. The molecule has 1 aromatic rings. The first-order valence-electron chi connectivity index (χ1n) is 5.24. The van der Waals surface area contributed by atoms with Crippen molar-refractivity contribution < 1.29 is 9.53 Å². The van der Waals surface area contributed by atoms with E-state index in [-0.39, 0.29) is 5.91 Å². The van der Waals surface area contributed by atoms with Gasteiger partial charge in [-0.25, -0.2) is 0 Å². The molecule has 0 radical (unpaired) electrons. The van der Waals surface area contributed by atoms with Crippen LogP contribution in [0.15, 0.2) is 18.3 Å². The van der Waals surface area contributed by atoms with E-state index in [9.17, 15) is 4.79 Å². The number of hydrogen-bond donors (Lipinski definition) is 2. The lowest BCUT2D eigenvalue weighted by Gasteiger charge is -2.05. The van der Waals surface area contributed by atoms with Crippen LogP contribution in [0.25, 0.3) is 0 Å². The molecule has 1 rings (SSSR count). The van der Waals surface area contributed by atoms with Gasteiger partial charge in [-0.3, -0.25) is 9.78 Å². The first kappa shape index (κ1) is 12.4. The normalized spacial score (nSPS) is 9.88. The van der Waals surface area contributed by atoms with E-state index < -0.39 is 0 Å². The number of carbonyl (C=O) groups excluding carboxylic acids is 1. The minimum absolute atomic E-state index is 0.0280. The summed E-state index contributed by atoms with van der Waals surface area (Å²) in [5, 5.41) is 2.56. The Hall–Kier alpha value is -1.62. The number of amides is 1. The summed E-state index contributed by atoms with van der Waals surface area (Å²) in [6, 6.07) is 3.66. The molecule has 0 unspecified atom stereocenters. The third-order valence-corrected chi connectivity index (χ3v) is 2.10. The molecule has 0 aliphatic rings. The Balaban J connectivity index is 2.24. The second-order valence-corrected chi connectivity index (χ2v) is 3.31. The van der Waals surface area contributed by atoms with Crippen molar-refractivity contribution in [3.05, 3.63) is 24.0 Å². The number of aromatic nitrogens is 1. The van der Waals surface area contributed by atoms with Crippen LogP contribution in [0, 0.1) is 0 Å². The molecule has 3 N–H and O–H groups in total. The zero-order valence-electron chi connectivity index (χ0n) is 9.40. The van der Waals surface area contributed by atoms with Gasteiger partial charge in [0.05, 0.1) is 18.5 Å². The van der Waals surface area contributed by atoms with Crippen LogP contribution in [0.3, 0.4) is 0 Å². The van der Waals surface area contributed by atoms with Crippen LogP contribution in [-0.4, -0.2) is 24.5 Å². The Bertz CT molecular complexity index is 325. The lowest BCUT2D eigenvalue weighted by molar-refractivity contribution is -0.120. The molecule has 0 fully saturated rings. The molecule has 0 aliphatic carbocycles. The van der Waals surface area contributed by atoms with Crippen molar-refractivity contribution in [2.45, 2.75) is 19.4 Å². The molecule has 0 aliphatic heterocycles. The maximum absolute atomic E-state index is 10.9. The molecule has 5 nitrogen and oxygen atoms in total. The lowest BCUT2D eigenvalue weighted by Crippen LogP contribution is -2.18. The number of rotatable bonds is 6. The summed E-state index contributed by atoms with van der Waals surface area (Å²) in [7, 11) is 1.62. The summed E-state index contributed by atoms with van der Waals surface area (Å²) in [6.07, 6.45) is 2.81. The molecule has 16 heavy (non-hydrogen) atoms. The minimum Gasteiger partial charge on any atom is -0.492 e. The van der Waals surface area contributed by atoms with Gasteiger partial charge in [0.15, 0.2) is 0 Å². The molecular formula is C11H17N3O2. The molecule has 0 atom stereocenters. The van der Waals surface area contributed by atoms with Gasteiger partial charge in [-0.2, -0.15) is 0 Å². The monoisotopic (exact) mass is 223 g/mol. The van der Waals surface area contributed by atoms with Crippen LogP contribution in [0.2, 0.25) is 0 Å². The summed E-state index contributed by atoms with van der Waals surface area (Å²) in [4.78, 5) is 15.0. The average molecular weight is 223 g/mol. The number of pyridine rings is 1. The Morgan fingerprint density at radius 3 is 2.94 bits per heavy atom. The van der Waals surface area contributed by atoms with Crippen molar-refractivity contribution in [3.8, 4) is 5.75 Å². The molecule has 0 saturated carbocycles. The summed E-state index contributed by atoms with van der Waals surface area (Å²) in [5.74, 6) is 0.731. The molecule has 0 saturated heterocycles. The van der Waals surface area contributed by atoms with E-state index in [0.717, 1.165) is 5.69 Å². The van der Waals surface area contributed by atoms with Gasteiger partial charge < -0.3 is 15.8 Å². The molecule has 0 bridgehead atoms. The molecule has 1 amide bonds. The molecule has 88 valence electrons. The zero-order chi connectivity index (χ0) is 11.8. The highest BCUT2D eigenvalue weighted by molar-refractivity contribution is 5.75. The Morgan fingerprint density at radius 1 is 1.56 bits per heavy atom. The van der Waals surface area contributed by atoms with E-state index in [0.29, 0.717) is 31.7 Å². The molecule has 1 heterocycles. The Morgan fingerprint density at radius 2 is 2.38 bits per heavy atom. The van der Waals surface area contributed by atoms with Gasteiger partial charge in [-0.05, 0) is 18.6 Å². The number of nitrogens with one attached hydrogen (secondary N) is 1. The molecular weight excluding hydrogens is 206 g/mol. The number of carbonyl (C=O) groups is 1. The molecule has 0 aromatic carbocycles. The van der Waals surface area contributed by atoms with Crippen molar-refractivity contribution in [2.75, 3.05) is 13.7 Å². The van der Waals surface area contributed by atoms with Gasteiger partial charge in [0.25, 0.3) is 0 Å². The first-order valence-corrected chi connectivity index (χ1v) is 5.24. The van der Waals surface area contributed by atoms with Crippen LogP contribution >= 0.6 is 0 Å². The number of ether oxygens (including phenoxy) is 1. The van der Waals surface area contributed by atoms with Crippen LogP contribution in [0.4, 0.5) is 0 Å². The Labute approximate surface area is 95.0 Å². The fraction of sp³-hybridized carbons (Fsp3) is 0.455. The van der Waals surface area contributed by atoms with Crippen LogP contribution in [0.1, 0.15) is 18.5 Å². The zero-order valence-corrected chi connectivity index (χ0v) is 9.40. The van der Waals surface area contributed by atoms with Crippen molar-refractivity contribution in [1.82, 2.24) is 10.3 Å². The minimum atomic E-state index is 0.0280. The quantitative estimate of drug-likeness (QED) is 0.686. The fourth-order valence-electron chi connectivity index (χ4n) is 1.16. The van der Waals surface area contributed by atoms with Crippen molar-refractivity contribution in [1.29, 1.82) is 0 Å². The topological polar surface area (TPSA) is 77.2 Å². The largest absolute Gasteiger partial charge is 0.492 e. The third-order valence-electron chi connectivity index (χ3n) is 2.10. The second-order valence-electron chi connectivity index (χ2n) is 3.31. The van der Waals surface area contributed by atoms with Crippen molar-refractivity contribution in [3.63, 3.8) is 0 Å². The van der Waals surface area contributed by atoms with E-state index in [1.807, 2.05) is 12.1 Å². The van der Waals surface area contributed by atoms with Gasteiger partial charge in [-0.15, -0.1) is 0 Å². The molecule has 1 aromatic heterocycles. The first-order chi connectivity index (χ1) is 7.76. The molecule has 5 heteroatoms. The number of nitrogens with zero attached hydrogens (tertiary/aromatic N) is 1.